The summed E-state index contributed by atoms with van der Waals surface area (Å²) in [5, 5.41) is 6.96. The second-order valence-corrected chi connectivity index (χ2v) is 7.62. The summed E-state index contributed by atoms with van der Waals surface area (Å²) in [5.74, 6) is -2.60. The number of carbonyl (C=O) groups is 5. The van der Waals surface area contributed by atoms with E-state index in [0.29, 0.717) is 11.3 Å². The van der Waals surface area contributed by atoms with Crippen LogP contribution in [0.4, 0.5) is 9.59 Å². The number of thiophene rings is 1. The number of unbranched alkanes of at least 4 members (excludes halogenated alkanes) is 1. The van der Waals surface area contributed by atoms with Crippen molar-refractivity contribution < 1.29 is 28.7 Å². The van der Waals surface area contributed by atoms with Crippen molar-refractivity contribution in [3.05, 3.63) is 33.7 Å². The van der Waals surface area contributed by atoms with E-state index in [-0.39, 0.29) is 24.4 Å². The van der Waals surface area contributed by atoms with Crippen LogP contribution in [0.2, 0.25) is 0 Å². The fourth-order valence-corrected chi connectivity index (χ4v) is 4.01. The molecule has 0 aliphatic carbocycles. The highest BCUT2D eigenvalue weighted by Gasteiger charge is 2.45. The van der Waals surface area contributed by atoms with E-state index in [2.05, 4.69) is 10.6 Å². The Morgan fingerprint density at radius 1 is 1.17 bits per heavy atom. The molecular weight excluding hydrogens is 412 g/mol. The molecule has 11 heteroatoms. The van der Waals surface area contributed by atoms with Crippen LogP contribution in [-0.2, 0) is 19.1 Å². The number of esters is 1. The van der Waals surface area contributed by atoms with Gasteiger partial charge in [-0.15, -0.1) is 11.3 Å². The summed E-state index contributed by atoms with van der Waals surface area (Å²) in [6.07, 6.45) is 1.31. The molecule has 160 valence electrons. The smallest absolute Gasteiger partial charge is 0.338 e. The fourth-order valence-electron chi connectivity index (χ4n) is 3.22. The minimum absolute atomic E-state index is 0.0439. The number of carbonyl (C=O) groups excluding carboxylic acids is 5. The van der Waals surface area contributed by atoms with Crippen molar-refractivity contribution in [2.75, 3.05) is 19.7 Å². The molecule has 6 amide bonds. The number of rotatable bonds is 8. The summed E-state index contributed by atoms with van der Waals surface area (Å²) in [7, 11) is 0. The molecule has 1 aromatic heterocycles. The third-order valence-corrected chi connectivity index (χ3v) is 5.60. The Bertz CT molecular complexity index is 910. The van der Waals surface area contributed by atoms with E-state index in [1.165, 1.54) is 11.3 Å². The van der Waals surface area contributed by atoms with E-state index >= 15 is 0 Å². The van der Waals surface area contributed by atoms with Crippen LogP contribution in [0, 0.1) is 0 Å². The second kappa shape index (κ2) is 9.08. The van der Waals surface area contributed by atoms with Crippen LogP contribution in [0.1, 0.15) is 37.6 Å². The molecule has 1 aromatic rings. The highest BCUT2D eigenvalue weighted by atomic mass is 32.1. The van der Waals surface area contributed by atoms with Crippen molar-refractivity contribution in [2.24, 2.45) is 0 Å². The highest BCUT2D eigenvalue weighted by molar-refractivity contribution is 7.10. The number of hydrogen-bond acceptors (Lipinski definition) is 7. The summed E-state index contributed by atoms with van der Waals surface area (Å²) in [4.78, 5) is 64.5. The largest absolute Gasteiger partial charge is 0.463 e. The zero-order chi connectivity index (χ0) is 21.8. The lowest BCUT2D eigenvalue weighted by Crippen LogP contribution is -2.49. The summed E-state index contributed by atoms with van der Waals surface area (Å²) in [5.41, 5.74) is 0.126. The predicted octanol–water partition coefficient (Wildman–Crippen LogP) is 1.51. The Morgan fingerprint density at radius 2 is 1.90 bits per heavy atom. The summed E-state index contributed by atoms with van der Waals surface area (Å²) >= 11 is 1.33. The van der Waals surface area contributed by atoms with Crippen molar-refractivity contribution in [2.45, 2.75) is 32.7 Å². The Hall–Kier alpha value is -3.21. The predicted molar refractivity (Wildman–Crippen MR) is 106 cm³/mol. The third kappa shape index (κ3) is 4.06. The number of nitrogens with zero attached hydrogens (tertiary/aromatic N) is 2. The van der Waals surface area contributed by atoms with Crippen LogP contribution in [0.5, 0.6) is 0 Å². The summed E-state index contributed by atoms with van der Waals surface area (Å²) in [6.45, 7) is 3.36. The van der Waals surface area contributed by atoms with Crippen LogP contribution in [0.3, 0.4) is 0 Å². The van der Waals surface area contributed by atoms with Gasteiger partial charge in [-0.25, -0.2) is 19.3 Å². The molecule has 3 heterocycles. The topological polar surface area (TPSA) is 125 Å². The van der Waals surface area contributed by atoms with Crippen molar-refractivity contribution >= 4 is 41.2 Å². The second-order valence-electron chi connectivity index (χ2n) is 6.64. The summed E-state index contributed by atoms with van der Waals surface area (Å²) < 4.78 is 5.14. The van der Waals surface area contributed by atoms with Crippen LogP contribution in [-0.4, -0.2) is 59.3 Å². The maximum atomic E-state index is 12.7. The highest BCUT2D eigenvalue weighted by Crippen LogP contribution is 2.31. The Morgan fingerprint density at radius 3 is 2.53 bits per heavy atom. The molecule has 2 aliphatic heterocycles. The molecule has 2 aliphatic rings. The van der Waals surface area contributed by atoms with Gasteiger partial charge in [-0.3, -0.25) is 14.5 Å². The van der Waals surface area contributed by atoms with Crippen molar-refractivity contribution in [1.82, 2.24) is 20.4 Å². The molecule has 1 atom stereocenters. The van der Waals surface area contributed by atoms with Gasteiger partial charge < -0.3 is 15.4 Å². The van der Waals surface area contributed by atoms with Crippen molar-refractivity contribution in [1.29, 1.82) is 0 Å². The molecule has 0 saturated carbocycles. The molecule has 10 nitrogen and oxygen atoms in total. The Balaban J connectivity index is 1.97. The maximum absolute atomic E-state index is 12.7. The van der Waals surface area contributed by atoms with Gasteiger partial charge in [-0.1, -0.05) is 19.4 Å². The van der Waals surface area contributed by atoms with E-state index in [4.69, 9.17) is 4.74 Å². The molecule has 3 rings (SSSR count). The van der Waals surface area contributed by atoms with Gasteiger partial charge in [0.05, 0.1) is 30.5 Å². The minimum atomic E-state index is -0.993. The number of nitrogens with one attached hydrogen (secondary N) is 2. The van der Waals surface area contributed by atoms with Crippen LogP contribution >= 0.6 is 11.3 Å². The number of ether oxygens (including phenoxy) is 1. The summed E-state index contributed by atoms with van der Waals surface area (Å²) in [6, 6.07) is 1.36. The Labute approximate surface area is 176 Å². The first kappa shape index (κ1) is 21.5. The van der Waals surface area contributed by atoms with Gasteiger partial charge in [0.15, 0.2) is 0 Å². The molecule has 0 spiro atoms. The zero-order valence-corrected chi connectivity index (χ0v) is 17.4. The molecular formula is C19H22N4O6S. The first-order chi connectivity index (χ1) is 14.4. The number of hydrogen-bond donors (Lipinski definition) is 2. The normalized spacial score (nSPS) is 19.3. The minimum Gasteiger partial charge on any atom is -0.463 e. The monoisotopic (exact) mass is 434 g/mol. The lowest BCUT2D eigenvalue weighted by molar-refractivity contribution is -0.143. The van der Waals surface area contributed by atoms with Gasteiger partial charge in [0.25, 0.3) is 0 Å². The van der Waals surface area contributed by atoms with Gasteiger partial charge in [0.2, 0.25) is 0 Å². The fraction of sp³-hybridized carbons (Fsp3) is 0.421. The number of urea groups is 2. The first-order valence-electron chi connectivity index (χ1n) is 9.57. The van der Waals surface area contributed by atoms with Gasteiger partial charge in [0.1, 0.15) is 0 Å². The number of amides is 6. The molecule has 1 saturated heterocycles. The van der Waals surface area contributed by atoms with Crippen molar-refractivity contribution in [3.8, 4) is 0 Å². The zero-order valence-electron chi connectivity index (χ0n) is 16.6. The number of imide groups is 2. The molecule has 30 heavy (non-hydrogen) atoms. The van der Waals surface area contributed by atoms with Gasteiger partial charge >= 0.3 is 29.8 Å². The first-order valence-corrected chi connectivity index (χ1v) is 10.4. The van der Waals surface area contributed by atoms with Crippen LogP contribution < -0.4 is 10.6 Å². The molecule has 1 fully saturated rings. The molecule has 0 aromatic carbocycles. The molecule has 0 bridgehead atoms. The lowest BCUT2D eigenvalue weighted by atomic mass is 10.0. The maximum Gasteiger partial charge on any atom is 0.338 e. The average molecular weight is 434 g/mol. The molecule has 0 radical (unpaired) electrons. The van der Waals surface area contributed by atoms with Crippen LogP contribution in [0.25, 0.3) is 0 Å². The van der Waals surface area contributed by atoms with Gasteiger partial charge in [-0.2, -0.15) is 0 Å². The van der Waals surface area contributed by atoms with Gasteiger partial charge in [0, 0.05) is 11.4 Å². The van der Waals surface area contributed by atoms with Crippen molar-refractivity contribution in [3.63, 3.8) is 0 Å². The van der Waals surface area contributed by atoms with E-state index < -0.39 is 42.4 Å². The van der Waals surface area contributed by atoms with Gasteiger partial charge in [-0.05, 0) is 24.8 Å². The quantitative estimate of drug-likeness (QED) is 0.363. The van der Waals surface area contributed by atoms with Crippen LogP contribution in [0.15, 0.2) is 28.8 Å². The molecule has 0 unspecified atom stereocenters. The lowest BCUT2D eigenvalue weighted by Gasteiger charge is -2.29. The standard InChI is InChI=1S/C19H22N4O6S/c1-3-5-8-22-15(24)16(25)23(19(22)28)10-11-13(17(26)29-4-2)14(21-18(27)20-11)12-7-6-9-30-12/h6-7,9,14H,3-5,8,10H2,1-2H3,(H2,20,21,27)/t14-/m0/s1. The van der Waals surface area contributed by atoms with E-state index in [1.54, 1.807) is 24.4 Å². The van der Waals surface area contributed by atoms with E-state index in [1.807, 2.05) is 6.92 Å². The average Bonchev–Trinajstić information content (AvgIpc) is 3.31. The molecule has 2 N–H and O–H groups in total. The Kier molecular flexibility index (Phi) is 6.50. The SMILES string of the molecule is CCCCN1C(=O)C(=O)N(CC2=C(C(=O)OCC)[C@H](c3cccs3)NC(=O)N2)C1=O. The van der Waals surface area contributed by atoms with E-state index in [9.17, 15) is 24.0 Å². The third-order valence-electron chi connectivity index (χ3n) is 4.66. The van der Waals surface area contributed by atoms with E-state index in [0.717, 1.165) is 16.2 Å².